The SMILES string of the molecule is CC(=O)Nc1cccc(-c2nnc(SCC(N)=O)o2)c1. The Labute approximate surface area is 118 Å². The molecule has 3 N–H and O–H groups in total. The zero-order chi connectivity index (χ0) is 14.5. The van der Waals surface area contributed by atoms with E-state index in [1.165, 1.54) is 6.92 Å². The highest BCUT2D eigenvalue weighted by molar-refractivity contribution is 7.99. The molecule has 0 aliphatic rings. The fourth-order valence-corrected chi connectivity index (χ4v) is 1.95. The van der Waals surface area contributed by atoms with Gasteiger partial charge in [0, 0.05) is 18.2 Å². The van der Waals surface area contributed by atoms with E-state index in [2.05, 4.69) is 15.5 Å². The quantitative estimate of drug-likeness (QED) is 0.803. The number of rotatable bonds is 5. The number of benzene rings is 1. The van der Waals surface area contributed by atoms with E-state index in [9.17, 15) is 9.59 Å². The number of thioether (sulfide) groups is 1. The maximum Gasteiger partial charge on any atom is 0.277 e. The molecule has 0 spiro atoms. The van der Waals surface area contributed by atoms with Gasteiger partial charge < -0.3 is 15.5 Å². The second kappa shape index (κ2) is 6.20. The van der Waals surface area contributed by atoms with Crippen molar-refractivity contribution in [2.45, 2.75) is 12.1 Å². The Morgan fingerprint density at radius 3 is 2.90 bits per heavy atom. The summed E-state index contributed by atoms with van der Waals surface area (Å²) in [5, 5.41) is 10.6. The first kappa shape index (κ1) is 14.1. The standard InChI is InChI=1S/C12H12N4O3S/c1-7(17)14-9-4-2-3-8(5-9)11-15-16-12(19-11)20-6-10(13)18/h2-5H,6H2,1H3,(H2,13,18)(H,14,17). The van der Waals surface area contributed by atoms with Gasteiger partial charge in [-0.05, 0) is 18.2 Å². The van der Waals surface area contributed by atoms with Crippen LogP contribution in [0.3, 0.4) is 0 Å². The van der Waals surface area contributed by atoms with Crippen LogP contribution in [0.2, 0.25) is 0 Å². The van der Waals surface area contributed by atoms with Gasteiger partial charge in [0.2, 0.25) is 17.7 Å². The van der Waals surface area contributed by atoms with Crippen LogP contribution in [0.4, 0.5) is 5.69 Å². The highest BCUT2D eigenvalue weighted by atomic mass is 32.2. The monoisotopic (exact) mass is 292 g/mol. The van der Waals surface area contributed by atoms with E-state index in [1.807, 2.05) is 0 Å². The molecule has 20 heavy (non-hydrogen) atoms. The number of hydrogen-bond acceptors (Lipinski definition) is 6. The Bertz CT molecular complexity index is 641. The number of anilines is 1. The lowest BCUT2D eigenvalue weighted by Gasteiger charge is -2.02. The van der Waals surface area contributed by atoms with Gasteiger partial charge in [0.15, 0.2) is 0 Å². The van der Waals surface area contributed by atoms with Crippen LogP contribution in [-0.2, 0) is 9.59 Å². The molecule has 1 aromatic carbocycles. The number of nitrogens with two attached hydrogens (primary N) is 1. The van der Waals surface area contributed by atoms with Crippen LogP contribution in [0.5, 0.6) is 0 Å². The Balaban J connectivity index is 2.15. The van der Waals surface area contributed by atoms with Crippen molar-refractivity contribution < 1.29 is 14.0 Å². The summed E-state index contributed by atoms with van der Waals surface area (Å²) in [6.45, 7) is 1.43. The van der Waals surface area contributed by atoms with Gasteiger partial charge in [-0.2, -0.15) is 0 Å². The van der Waals surface area contributed by atoms with E-state index in [4.69, 9.17) is 10.2 Å². The van der Waals surface area contributed by atoms with Crippen LogP contribution in [0.15, 0.2) is 33.9 Å². The maximum absolute atomic E-state index is 11.0. The van der Waals surface area contributed by atoms with Gasteiger partial charge in [0.1, 0.15) is 0 Å². The second-order valence-corrected chi connectivity index (χ2v) is 4.82. The summed E-state index contributed by atoms with van der Waals surface area (Å²) in [6.07, 6.45) is 0. The molecule has 0 aliphatic carbocycles. The molecule has 104 valence electrons. The highest BCUT2D eigenvalue weighted by Gasteiger charge is 2.10. The van der Waals surface area contributed by atoms with Gasteiger partial charge in [-0.3, -0.25) is 9.59 Å². The number of primary amides is 1. The molecular formula is C12H12N4O3S. The van der Waals surface area contributed by atoms with E-state index in [-0.39, 0.29) is 16.9 Å². The average molecular weight is 292 g/mol. The minimum Gasteiger partial charge on any atom is -0.411 e. The van der Waals surface area contributed by atoms with Crippen molar-refractivity contribution in [3.63, 3.8) is 0 Å². The van der Waals surface area contributed by atoms with Crippen molar-refractivity contribution >= 4 is 29.3 Å². The van der Waals surface area contributed by atoms with Crippen molar-refractivity contribution in [1.29, 1.82) is 0 Å². The van der Waals surface area contributed by atoms with Crippen LogP contribution < -0.4 is 11.1 Å². The van der Waals surface area contributed by atoms with Gasteiger partial charge in [-0.15, -0.1) is 10.2 Å². The van der Waals surface area contributed by atoms with Crippen molar-refractivity contribution in [2.75, 3.05) is 11.1 Å². The molecule has 0 radical (unpaired) electrons. The molecule has 8 heteroatoms. The first-order valence-corrected chi connectivity index (χ1v) is 6.66. The Morgan fingerprint density at radius 2 is 2.20 bits per heavy atom. The second-order valence-electron chi connectivity index (χ2n) is 3.89. The molecule has 0 atom stereocenters. The first-order chi connectivity index (χ1) is 9.54. The molecule has 0 aliphatic heterocycles. The van der Waals surface area contributed by atoms with Gasteiger partial charge in [-0.25, -0.2) is 0 Å². The van der Waals surface area contributed by atoms with Crippen molar-refractivity contribution in [1.82, 2.24) is 10.2 Å². The fourth-order valence-electron chi connectivity index (χ4n) is 1.45. The van der Waals surface area contributed by atoms with Crippen molar-refractivity contribution in [2.24, 2.45) is 5.73 Å². The summed E-state index contributed by atoms with van der Waals surface area (Å²) in [7, 11) is 0. The number of hydrogen-bond donors (Lipinski definition) is 2. The minimum absolute atomic E-state index is 0.0769. The van der Waals surface area contributed by atoms with Crippen molar-refractivity contribution in [3.8, 4) is 11.5 Å². The van der Waals surface area contributed by atoms with Crippen LogP contribution in [-0.4, -0.2) is 27.8 Å². The number of nitrogens with zero attached hydrogens (tertiary/aromatic N) is 2. The number of amides is 2. The molecule has 1 aromatic heterocycles. The third kappa shape index (κ3) is 3.82. The number of nitrogens with one attached hydrogen (secondary N) is 1. The summed E-state index contributed by atoms with van der Waals surface area (Å²) < 4.78 is 5.40. The molecule has 2 aromatic rings. The molecule has 1 heterocycles. The Hall–Kier alpha value is -2.35. The molecule has 0 bridgehead atoms. The molecular weight excluding hydrogens is 280 g/mol. The zero-order valence-electron chi connectivity index (χ0n) is 10.6. The van der Waals surface area contributed by atoms with Gasteiger partial charge in [0.05, 0.1) is 5.75 Å². The number of carbonyl (C=O) groups excluding carboxylic acids is 2. The van der Waals surface area contributed by atoms with Gasteiger partial charge in [0.25, 0.3) is 5.22 Å². The zero-order valence-corrected chi connectivity index (χ0v) is 11.4. The highest BCUT2D eigenvalue weighted by Crippen LogP contribution is 2.24. The lowest BCUT2D eigenvalue weighted by Crippen LogP contribution is -2.12. The minimum atomic E-state index is -0.456. The van der Waals surface area contributed by atoms with Gasteiger partial charge in [-0.1, -0.05) is 17.8 Å². The molecule has 7 nitrogen and oxygen atoms in total. The third-order valence-corrected chi connectivity index (χ3v) is 3.02. The molecule has 2 amide bonds. The van der Waals surface area contributed by atoms with Crippen LogP contribution in [0, 0.1) is 0 Å². The molecule has 0 unspecified atom stereocenters. The Morgan fingerprint density at radius 1 is 1.40 bits per heavy atom. The Kier molecular flexibility index (Phi) is 4.36. The van der Waals surface area contributed by atoms with E-state index < -0.39 is 5.91 Å². The predicted octanol–water partition coefficient (Wildman–Crippen LogP) is 1.27. The van der Waals surface area contributed by atoms with E-state index >= 15 is 0 Å². The number of carbonyl (C=O) groups is 2. The number of aromatic nitrogens is 2. The summed E-state index contributed by atoms with van der Waals surface area (Å²) in [5.41, 5.74) is 6.35. The maximum atomic E-state index is 11.0. The first-order valence-electron chi connectivity index (χ1n) is 5.67. The van der Waals surface area contributed by atoms with Crippen LogP contribution in [0.1, 0.15) is 6.92 Å². The summed E-state index contributed by atoms with van der Waals surface area (Å²) in [4.78, 5) is 21.7. The largest absolute Gasteiger partial charge is 0.411 e. The smallest absolute Gasteiger partial charge is 0.277 e. The van der Waals surface area contributed by atoms with Crippen LogP contribution in [0.25, 0.3) is 11.5 Å². The summed E-state index contributed by atoms with van der Waals surface area (Å²) in [5.74, 6) is -0.231. The lowest BCUT2D eigenvalue weighted by atomic mass is 10.2. The lowest BCUT2D eigenvalue weighted by molar-refractivity contribution is -0.116. The van der Waals surface area contributed by atoms with E-state index in [0.717, 1.165) is 11.8 Å². The molecule has 0 saturated heterocycles. The summed E-state index contributed by atoms with van der Waals surface area (Å²) in [6, 6.07) is 7.02. The van der Waals surface area contributed by atoms with Crippen molar-refractivity contribution in [3.05, 3.63) is 24.3 Å². The topological polar surface area (TPSA) is 111 Å². The van der Waals surface area contributed by atoms with E-state index in [0.29, 0.717) is 17.1 Å². The average Bonchev–Trinajstić information content (AvgIpc) is 2.84. The summed E-state index contributed by atoms with van der Waals surface area (Å²) >= 11 is 1.07. The van der Waals surface area contributed by atoms with Gasteiger partial charge >= 0.3 is 0 Å². The van der Waals surface area contributed by atoms with Crippen LogP contribution >= 0.6 is 11.8 Å². The normalized spacial score (nSPS) is 10.2. The molecule has 0 fully saturated rings. The predicted molar refractivity (Wildman–Crippen MR) is 74.0 cm³/mol. The fraction of sp³-hybridized carbons (Fsp3) is 0.167. The third-order valence-electron chi connectivity index (χ3n) is 2.17. The molecule has 2 rings (SSSR count). The molecule has 0 saturated carbocycles. The van der Waals surface area contributed by atoms with E-state index in [1.54, 1.807) is 24.3 Å².